The van der Waals surface area contributed by atoms with Crippen molar-refractivity contribution in [1.29, 1.82) is 0 Å². The van der Waals surface area contributed by atoms with Crippen LogP contribution < -0.4 is 0 Å². The van der Waals surface area contributed by atoms with Gasteiger partial charge in [0.05, 0.1) is 0 Å². The van der Waals surface area contributed by atoms with E-state index in [1.807, 2.05) is 0 Å². The molecule has 0 heteroatoms. The van der Waals surface area contributed by atoms with Gasteiger partial charge in [-0.1, -0.05) is 66.8 Å². The Bertz CT molecular complexity index is 602. The van der Waals surface area contributed by atoms with E-state index >= 15 is 0 Å². The van der Waals surface area contributed by atoms with Gasteiger partial charge in [0.1, 0.15) is 0 Å². The third-order valence-corrected chi connectivity index (χ3v) is 4.71. The maximum Gasteiger partial charge on any atom is 0.00929 e. The smallest absolute Gasteiger partial charge is 0.00929 e. The van der Waals surface area contributed by atoms with Gasteiger partial charge in [0.25, 0.3) is 0 Å². The zero-order valence-corrected chi connectivity index (χ0v) is 11.0. The van der Waals surface area contributed by atoms with E-state index < -0.39 is 0 Å². The van der Waals surface area contributed by atoms with Crippen molar-refractivity contribution in [2.75, 3.05) is 0 Å². The molecule has 0 saturated carbocycles. The standard InChI is InChI=1S/C19H18/c1-2-8-14-9-4-5-13-18-16-11-7-6-10-15(16)17(12-3-1)19(14)18/h1-4,6-12,15-16,18H,5,13H2. The summed E-state index contributed by atoms with van der Waals surface area (Å²) in [5, 5.41) is 0. The molecular formula is C19H18. The van der Waals surface area contributed by atoms with E-state index in [2.05, 4.69) is 66.8 Å². The van der Waals surface area contributed by atoms with Crippen LogP contribution in [0.15, 0.2) is 83.6 Å². The van der Waals surface area contributed by atoms with E-state index in [1.165, 1.54) is 24.0 Å². The molecule has 0 aromatic rings. The van der Waals surface area contributed by atoms with Gasteiger partial charge in [-0.05, 0) is 41.4 Å². The lowest BCUT2D eigenvalue weighted by atomic mass is 9.80. The van der Waals surface area contributed by atoms with Crippen LogP contribution in [0.25, 0.3) is 0 Å². The fourth-order valence-corrected chi connectivity index (χ4v) is 3.93. The molecule has 0 aromatic heterocycles. The maximum absolute atomic E-state index is 2.42. The fraction of sp³-hybridized carbons (Fsp3) is 0.263. The first-order valence-corrected chi connectivity index (χ1v) is 7.26. The van der Waals surface area contributed by atoms with E-state index in [9.17, 15) is 0 Å². The molecule has 19 heavy (non-hydrogen) atoms. The monoisotopic (exact) mass is 246 g/mol. The molecule has 0 amide bonds. The van der Waals surface area contributed by atoms with Crippen LogP contribution in [0.3, 0.4) is 0 Å². The molecule has 0 radical (unpaired) electrons. The Hall–Kier alpha value is -1.82. The first-order valence-electron chi connectivity index (χ1n) is 7.26. The quantitative estimate of drug-likeness (QED) is 0.582. The molecule has 0 N–H and O–H groups in total. The van der Waals surface area contributed by atoms with Crippen LogP contribution in [0.5, 0.6) is 0 Å². The second kappa shape index (κ2) is 4.38. The lowest BCUT2D eigenvalue weighted by Crippen LogP contribution is -2.16. The molecule has 0 aromatic carbocycles. The Kier molecular flexibility index (Phi) is 2.55. The van der Waals surface area contributed by atoms with E-state index in [-0.39, 0.29) is 0 Å². The van der Waals surface area contributed by atoms with Crippen LogP contribution in [0.1, 0.15) is 12.8 Å². The summed E-state index contributed by atoms with van der Waals surface area (Å²) in [6.07, 6.45) is 27.5. The molecular weight excluding hydrogens is 228 g/mol. The summed E-state index contributed by atoms with van der Waals surface area (Å²) in [7, 11) is 0. The van der Waals surface area contributed by atoms with Crippen molar-refractivity contribution in [2.24, 2.45) is 17.8 Å². The lowest BCUT2D eigenvalue weighted by molar-refractivity contribution is 0.418. The number of rotatable bonds is 0. The fourth-order valence-electron chi connectivity index (χ4n) is 3.93. The third kappa shape index (κ3) is 1.67. The highest BCUT2D eigenvalue weighted by Gasteiger charge is 2.40. The predicted octanol–water partition coefficient (Wildman–Crippen LogP) is 4.67. The van der Waals surface area contributed by atoms with Crippen molar-refractivity contribution in [3.63, 3.8) is 0 Å². The summed E-state index contributed by atoms with van der Waals surface area (Å²) in [5.74, 6) is 1.95. The van der Waals surface area contributed by atoms with Crippen molar-refractivity contribution in [3.05, 3.63) is 83.6 Å². The highest BCUT2D eigenvalue weighted by atomic mass is 14.4. The molecule has 3 atom stereocenters. The minimum atomic E-state index is 0.586. The summed E-state index contributed by atoms with van der Waals surface area (Å²) < 4.78 is 0. The Morgan fingerprint density at radius 1 is 0.895 bits per heavy atom. The minimum absolute atomic E-state index is 0.586. The summed E-state index contributed by atoms with van der Waals surface area (Å²) in [4.78, 5) is 0. The molecule has 4 aliphatic carbocycles. The van der Waals surface area contributed by atoms with Gasteiger partial charge in [-0.2, -0.15) is 0 Å². The number of hydrogen-bond acceptors (Lipinski definition) is 0. The lowest BCUT2D eigenvalue weighted by Gasteiger charge is -2.23. The largest absolute Gasteiger partial charge is 0.0839 e. The molecule has 0 bridgehead atoms. The molecule has 0 aliphatic heterocycles. The van der Waals surface area contributed by atoms with Gasteiger partial charge in [0.2, 0.25) is 0 Å². The van der Waals surface area contributed by atoms with Crippen LogP contribution in [-0.2, 0) is 0 Å². The topological polar surface area (TPSA) is 0 Å². The van der Waals surface area contributed by atoms with Gasteiger partial charge in [-0.3, -0.25) is 0 Å². The van der Waals surface area contributed by atoms with Crippen molar-refractivity contribution < 1.29 is 0 Å². The SMILES string of the molecule is C1=CC=C2C=CCCC3C2=C(C=C1)C1C=CC=CC13. The average Bonchev–Trinajstić information content (AvgIpc) is 2.58. The maximum atomic E-state index is 2.42. The van der Waals surface area contributed by atoms with Crippen molar-refractivity contribution in [1.82, 2.24) is 0 Å². The van der Waals surface area contributed by atoms with Crippen LogP contribution >= 0.6 is 0 Å². The molecule has 0 fully saturated rings. The van der Waals surface area contributed by atoms with Crippen molar-refractivity contribution in [3.8, 4) is 0 Å². The normalized spacial score (nSPS) is 34.5. The van der Waals surface area contributed by atoms with Gasteiger partial charge in [-0.15, -0.1) is 0 Å². The van der Waals surface area contributed by atoms with Gasteiger partial charge >= 0.3 is 0 Å². The molecule has 94 valence electrons. The Morgan fingerprint density at radius 2 is 1.84 bits per heavy atom. The second-order valence-electron chi connectivity index (χ2n) is 5.69. The highest BCUT2D eigenvalue weighted by molar-refractivity contribution is 5.57. The Morgan fingerprint density at radius 3 is 2.84 bits per heavy atom. The van der Waals surface area contributed by atoms with E-state index in [1.54, 1.807) is 5.57 Å². The summed E-state index contributed by atoms with van der Waals surface area (Å²) >= 11 is 0. The van der Waals surface area contributed by atoms with E-state index in [4.69, 9.17) is 0 Å². The van der Waals surface area contributed by atoms with Crippen molar-refractivity contribution in [2.45, 2.75) is 12.8 Å². The zero-order chi connectivity index (χ0) is 12.7. The molecule has 4 aliphatic rings. The summed E-state index contributed by atoms with van der Waals surface area (Å²) in [6, 6.07) is 0. The third-order valence-electron chi connectivity index (χ3n) is 4.71. The number of fused-ring (bicyclic) bond motifs is 3. The first-order chi connectivity index (χ1) is 9.45. The highest BCUT2D eigenvalue weighted by Crippen LogP contribution is 2.51. The zero-order valence-electron chi connectivity index (χ0n) is 11.0. The Balaban J connectivity index is 1.92. The predicted molar refractivity (Wildman–Crippen MR) is 80.5 cm³/mol. The van der Waals surface area contributed by atoms with Crippen LogP contribution in [0.2, 0.25) is 0 Å². The minimum Gasteiger partial charge on any atom is -0.0839 e. The van der Waals surface area contributed by atoms with Crippen molar-refractivity contribution >= 4 is 0 Å². The van der Waals surface area contributed by atoms with Gasteiger partial charge < -0.3 is 0 Å². The number of allylic oxidation sites excluding steroid dienone is 14. The molecule has 0 heterocycles. The van der Waals surface area contributed by atoms with E-state index in [0.717, 1.165) is 0 Å². The van der Waals surface area contributed by atoms with Gasteiger partial charge in [0, 0.05) is 5.92 Å². The summed E-state index contributed by atoms with van der Waals surface area (Å²) in [6.45, 7) is 0. The molecule has 0 saturated heterocycles. The van der Waals surface area contributed by atoms with Gasteiger partial charge in [-0.25, -0.2) is 0 Å². The van der Waals surface area contributed by atoms with Crippen LogP contribution in [0.4, 0.5) is 0 Å². The first kappa shape index (κ1) is 11.0. The van der Waals surface area contributed by atoms with Gasteiger partial charge in [0.15, 0.2) is 0 Å². The summed E-state index contributed by atoms with van der Waals surface area (Å²) in [5.41, 5.74) is 4.56. The molecule has 4 rings (SSSR count). The molecule has 0 nitrogen and oxygen atoms in total. The van der Waals surface area contributed by atoms with E-state index in [0.29, 0.717) is 17.8 Å². The number of hydrogen-bond donors (Lipinski definition) is 0. The van der Waals surface area contributed by atoms with Crippen LogP contribution in [-0.4, -0.2) is 0 Å². The molecule has 3 unspecified atom stereocenters. The average molecular weight is 246 g/mol. The van der Waals surface area contributed by atoms with Crippen LogP contribution in [0, 0.1) is 17.8 Å². The second-order valence-corrected chi connectivity index (χ2v) is 5.69. The molecule has 0 spiro atoms. The Labute approximate surface area is 114 Å².